The molecule has 1 unspecified atom stereocenters. The molecule has 15 heavy (non-hydrogen) atoms. The van der Waals surface area contributed by atoms with E-state index in [1.165, 1.54) is 5.56 Å². The van der Waals surface area contributed by atoms with E-state index in [0.29, 0.717) is 5.88 Å². The van der Waals surface area contributed by atoms with Crippen molar-refractivity contribution in [3.8, 4) is 0 Å². The first-order chi connectivity index (χ1) is 7.24. The van der Waals surface area contributed by atoms with Crippen LogP contribution in [0.25, 0.3) is 0 Å². The SMILES string of the molecule is Cc1ccc(S(=O)/C=C/CCCCl)cc1. The van der Waals surface area contributed by atoms with E-state index in [2.05, 4.69) is 0 Å². The van der Waals surface area contributed by atoms with Gasteiger partial charge in [-0.25, -0.2) is 4.21 Å². The average molecular weight is 243 g/mol. The predicted octanol–water partition coefficient (Wildman–Crippen LogP) is 3.64. The third-order valence-electron chi connectivity index (χ3n) is 1.98. The highest BCUT2D eigenvalue weighted by atomic mass is 35.5. The van der Waals surface area contributed by atoms with Gasteiger partial charge in [-0.3, -0.25) is 0 Å². The molecule has 82 valence electrons. The van der Waals surface area contributed by atoms with Gasteiger partial charge in [0.05, 0.1) is 10.8 Å². The van der Waals surface area contributed by atoms with Gasteiger partial charge >= 0.3 is 0 Å². The van der Waals surface area contributed by atoms with Crippen LogP contribution in [0.5, 0.6) is 0 Å². The Morgan fingerprint density at radius 2 is 2.00 bits per heavy atom. The molecule has 0 saturated carbocycles. The highest BCUT2D eigenvalue weighted by Crippen LogP contribution is 2.09. The number of rotatable bonds is 5. The van der Waals surface area contributed by atoms with Crippen molar-refractivity contribution < 1.29 is 4.21 Å². The van der Waals surface area contributed by atoms with Gasteiger partial charge in [-0.1, -0.05) is 23.8 Å². The van der Waals surface area contributed by atoms with Gasteiger partial charge in [0.2, 0.25) is 0 Å². The van der Waals surface area contributed by atoms with E-state index in [0.717, 1.165) is 17.7 Å². The van der Waals surface area contributed by atoms with E-state index in [1.807, 2.05) is 37.3 Å². The lowest BCUT2D eigenvalue weighted by Gasteiger charge is -1.97. The quantitative estimate of drug-likeness (QED) is 0.569. The summed E-state index contributed by atoms with van der Waals surface area (Å²) in [5, 5.41) is 1.73. The summed E-state index contributed by atoms with van der Waals surface area (Å²) in [6.45, 7) is 2.02. The summed E-state index contributed by atoms with van der Waals surface area (Å²) in [6, 6.07) is 7.74. The third kappa shape index (κ3) is 4.63. The van der Waals surface area contributed by atoms with Crippen molar-refractivity contribution in [1.82, 2.24) is 0 Å². The lowest BCUT2D eigenvalue weighted by atomic mass is 10.2. The summed E-state index contributed by atoms with van der Waals surface area (Å²) in [7, 11) is -1.02. The molecule has 1 rings (SSSR count). The van der Waals surface area contributed by atoms with Crippen molar-refractivity contribution in [1.29, 1.82) is 0 Å². The normalized spacial score (nSPS) is 13.2. The van der Waals surface area contributed by atoms with Crippen molar-refractivity contribution in [2.75, 3.05) is 5.88 Å². The van der Waals surface area contributed by atoms with Gasteiger partial charge in [-0.05, 0) is 31.9 Å². The molecule has 0 N–H and O–H groups in total. The summed E-state index contributed by atoms with van der Waals surface area (Å²) in [5.41, 5.74) is 1.18. The fourth-order valence-electron chi connectivity index (χ4n) is 1.10. The molecule has 1 nitrogen and oxygen atoms in total. The third-order valence-corrected chi connectivity index (χ3v) is 3.42. The maximum atomic E-state index is 11.7. The van der Waals surface area contributed by atoms with E-state index in [-0.39, 0.29) is 0 Å². The summed E-state index contributed by atoms with van der Waals surface area (Å²) >= 11 is 5.54. The lowest BCUT2D eigenvalue weighted by Crippen LogP contribution is -1.86. The van der Waals surface area contributed by atoms with Gasteiger partial charge in [0.15, 0.2) is 0 Å². The van der Waals surface area contributed by atoms with Crippen LogP contribution in [-0.4, -0.2) is 10.1 Å². The molecule has 3 heteroatoms. The maximum absolute atomic E-state index is 11.7. The van der Waals surface area contributed by atoms with Crippen LogP contribution < -0.4 is 0 Å². The van der Waals surface area contributed by atoms with Crippen LogP contribution in [0, 0.1) is 6.92 Å². The van der Waals surface area contributed by atoms with Gasteiger partial charge in [0.25, 0.3) is 0 Å². The second kappa shape index (κ2) is 6.81. The van der Waals surface area contributed by atoms with Crippen molar-refractivity contribution in [3.05, 3.63) is 41.3 Å². The van der Waals surface area contributed by atoms with Gasteiger partial charge < -0.3 is 0 Å². The van der Waals surface area contributed by atoms with Crippen molar-refractivity contribution in [3.63, 3.8) is 0 Å². The summed E-state index contributed by atoms with van der Waals surface area (Å²) < 4.78 is 11.7. The molecule has 0 amide bonds. The van der Waals surface area contributed by atoms with Crippen LogP contribution in [-0.2, 0) is 10.8 Å². The molecule has 0 heterocycles. The number of allylic oxidation sites excluding steroid dienone is 1. The standard InChI is InChI=1S/C12H15ClOS/c1-11-5-7-12(8-6-11)15(14)10-4-2-3-9-13/h4-8,10H,2-3,9H2,1H3/b10-4+. The molecule has 1 aromatic rings. The first-order valence-electron chi connectivity index (χ1n) is 4.94. The Morgan fingerprint density at radius 3 is 2.60 bits per heavy atom. The number of unbranched alkanes of at least 4 members (excludes halogenated alkanes) is 1. The van der Waals surface area contributed by atoms with E-state index in [9.17, 15) is 4.21 Å². The van der Waals surface area contributed by atoms with Gasteiger partial charge in [0.1, 0.15) is 0 Å². The smallest absolute Gasteiger partial charge is 0.0772 e. The molecular weight excluding hydrogens is 228 g/mol. The highest BCUT2D eigenvalue weighted by Gasteiger charge is 1.97. The van der Waals surface area contributed by atoms with Crippen molar-refractivity contribution in [2.24, 2.45) is 0 Å². The summed E-state index contributed by atoms with van der Waals surface area (Å²) in [4.78, 5) is 0.850. The molecule has 0 aliphatic heterocycles. The zero-order chi connectivity index (χ0) is 11.1. The van der Waals surface area contributed by atoms with Crippen molar-refractivity contribution in [2.45, 2.75) is 24.7 Å². The zero-order valence-corrected chi connectivity index (χ0v) is 10.4. The van der Waals surface area contributed by atoms with Crippen molar-refractivity contribution >= 4 is 22.4 Å². The van der Waals surface area contributed by atoms with Gasteiger partial charge in [-0.2, -0.15) is 0 Å². The van der Waals surface area contributed by atoms with E-state index in [1.54, 1.807) is 5.41 Å². The minimum absolute atomic E-state index is 0.654. The molecule has 0 bridgehead atoms. The molecular formula is C12H15ClOS. The summed E-state index contributed by atoms with van der Waals surface area (Å²) in [6.07, 6.45) is 3.75. The van der Waals surface area contributed by atoms with E-state index >= 15 is 0 Å². The number of hydrogen-bond donors (Lipinski definition) is 0. The topological polar surface area (TPSA) is 17.1 Å². The Morgan fingerprint density at radius 1 is 1.33 bits per heavy atom. The highest BCUT2D eigenvalue weighted by molar-refractivity contribution is 7.88. The summed E-state index contributed by atoms with van der Waals surface area (Å²) in [5.74, 6) is 0.654. The minimum atomic E-state index is -1.02. The maximum Gasteiger partial charge on any atom is 0.0772 e. The van der Waals surface area contributed by atoms with Crippen LogP contribution >= 0.6 is 11.6 Å². The average Bonchev–Trinajstić information content (AvgIpc) is 2.25. The Balaban J connectivity index is 2.53. The van der Waals surface area contributed by atoms with Gasteiger partial charge in [0, 0.05) is 16.2 Å². The Bertz CT molecular complexity index is 343. The Hall–Kier alpha value is -0.600. The number of alkyl halides is 1. The predicted molar refractivity (Wildman–Crippen MR) is 66.7 cm³/mol. The minimum Gasteiger partial charge on any atom is -0.250 e. The fraction of sp³-hybridized carbons (Fsp3) is 0.333. The van der Waals surface area contributed by atoms with Crippen LogP contribution in [0.15, 0.2) is 40.6 Å². The van der Waals surface area contributed by atoms with E-state index in [4.69, 9.17) is 11.6 Å². The lowest BCUT2D eigenvalue weighted by molar-refractivity contribution is 0.688. The number of halogens is 1. The second-order valence-corrected chi connectivity index (χ2v) is 5.03. The fourth-order valence-corrected chi connectivity index (χ4v) is 2.13. The van der Waals surface area contributed by atoms with Crippen LogP contribution in [0.2, 0.25) is 0 Å². The van der Waals surface area contributed by atoms with Crippen LogP contribution in [0.3, 0.4) is 0 Å². The monoisotopic (exact) mass is 242 g/mol. The van der Waals surface area contributed by atoms with Gasteiger partial charge in [-0.15, -0.1) is 11.6 Å². The Kier molecular flexibility index (Phi) is 5.66. The number of aryl methyl sites for hydroxylation is 1. The first kappa shape index (κ1) is 12.5. The Labute approximate surface area is 98.6 Å². The molecule has 0 aromatic heterocycles. The molecule has 1 atom stereocenters. The largest absolute Gasteiger partial charge is 0.250 e. The molecule has 0 fully saturated rings. The molecule has 0 radical (unpaired) electrons. The van der Waals surface area contributed by atoms with Crippen LogP contribution in [0.1, 0.15) is 18.4 Å². The zero-order valence-electron chi connectivity index (χ0n) is 8.78. The molecule has 1 aromatic carbocycles. The molecule has 0 aliphatic rings. The molecule has 0 spiro atoms. The number of benzene rings is 1. The second-order valence-electron chi connectivity index (χ2n) is 3.31. The van der Waals surface area contributed by atoms with Crippen LogP contribution in [0.4, 0.5) is 0 Å². The number of hydrogen-bond acceptors (Lipinski definition) is 1. The molecule has 0 saturated heterocycles. The van der Waals surface area contributed by atoms with E-state index < -0.39 is 10.8 Å². The molecule has 0 aliphatic carbocycles. The first-order valence-corrected chi connectivity index (χ1v) is 6.68.